The molecule has 9 nitrogen and oxygen atoms in total. The summed E-state index contributed by atoms with van der Waals surface area (Å²) in [6.45, 7) is 3.48. The van der Waals surface area contributed by atoms with Gasteiger partial charge in [-0.2, -0.15) is 10.2 Å². The summed E-state index contributed by atoms with van der Waals surface area (Å²) in [5.74, 6) is -0.716. The van der Waals surface area contributed by atoms with Crippen LogP contribution in [0.1, 0.15) is 24.2 Å². The van der Waals surface area contributed by atoms with Crippen LogP contribution in [-0.4, -0.2) is 30.4 Å². The van der Waals surface area contributed by atoms with E-state index in [2.05, 4.69) is 15.5 Å². The highest BCUT2D eigenvalue weighted by Crippen LogP contribution is 2.21. The number of nitrogens with one attached hydrogen (secondary N) is 1. The number of aromatic nitrogens is 4. The summed E-state index contributed by atoms with van der Waals surface area (Å²) < 4.78 is 16.1. The lowest BCUT2D eigenvalue weighted by atomic mass is 10.2. The number of benzene rings is 1. The van der Waals surface area contributed by atoms with Crippen LogP contribution in [0.25, 0.3) is 0 Å². The van der Waals surface area contributed by atoms with E-state index in [4.69, 9.17) is 0 Å². The fourth-order valence-electron chi connectivity index (χ4n) is 2.68. The van der Waals surface area contributed by atoms with Crippen LogP contribution in [0.4, 0.5) is 15.8 Å². The quantitative estimate of drug-likeness (QED) is 0.529. The van der Waals surface area contributed by atoms with Crippen molar-refractivity contribution >= 4 is 17.3 Å². The van der Waals surface area contributed by atoms with Crippen molar-refractivity contribution in [2.75, 3.05) is 5.32 Å². The monoisotopic (exact) mass is 372 g/mol. The van der Waals surface area contributed by atoms with E-state index in [-0.39, 0.29) is 17.4 Å². The van der Waals surface area contributed by atoms with Crippen LogP contribution in [-0.2, 0) is 11.3 Å². The standard InChI is InChI=1S/C17H17FN6O3/c1-11-16(24(26)27)8-20-23(11)12(2)17(25)21-15-7-19-22(10-15)9-13-4-3-5-14(18)6-13/h3-8,10,12H,9H2,1-2H3,(H,21,25). The molecule has 0 saturated carbocycles. The zero-order valence-corrected chi connectivity index (χ0v) is 14.7. The molecule has 1 amide bonds. The first kappa shape index (κ1) is 18.2. The van der Waals surface area contributed by atoms with Crippen LogP contribution in [0, 0.1) is 22.9 Å². The number of hydrogen-bond acceptors (Lipinski definition) is 5. The van der Waals surface area contributed by atoms with Crippen LogP contribution in [0.15, 0.2) is 42.9 Å². The molecule has 1 unspecified atom stereocenters. The Kier molecular flexibility index (Phi) is 4.97. The number of hydrogen-bond donors (Lipinski definition) is 1. The molecule has 0 bridgehead atoms. The van der Waals surface area contributed by atoms with Crippen molar-refractivity contribution in [3.63, 3.8) is 0 Å². The number of carbonyl (C=O) groups is 1. The summed E-state index contributed by atoms with van der Waals surface area (Å²) in [6, 6.07) is 5.42. The fraction of sp³-hybridized carbons (Fsp3) is 0.235. The largest absolute Gasteiger partial charge is 0.322 e. The van der Waals surface area contributed by atoms with Crippen molar-refractivity contribution in [3.8, 4) is 0 Å². The van der Waals surface area contributed by atoms with Crippen LogP contribution < -0.4 is 5.32 Å². The summed E-state index contributed by atoms with van der Waals surface area (Å²) in [6.07, 6.45) is 4.21. The lowest BCUT2D eigenvalue weighted by molar-refractivity contribution is -0.385. The highest BCUT2D eigenvalue weighted by Gasteiger charge is 2.24. The maximum atomic E-state index is 13.2. The normalized spacial score (nSPS) is 12.0. The third kappa shape index (κ3) is 4.00. The van der Waals surface area contributed by atoms with E-state index in [0.717, 1.165) is 11.8 Å². The molecule has 1 N–H and O–H groups in total. The van der Waals surface area contributed by atoms with Crippen LogP contribution in [0.5, 0.6) is 0 Å². The van der Waals surface area contributed by atoms with Gasteiger partial charge in [-0.15, -0.1) is 0 Å². The molecule has 140 valence electrons. The SMILES string of the molecule is Cc1c([N+](=O)[O-])cnn1C(C)C(=O)Nc1cnn(Cc2cccc(F)c2)c1. The van der Waals surface area contributed by atoms with Gasteiger partial charge in [0.2, 0.25) is 5.91 Å². The summed E-state index contributed by atoms with van der Waals surface area (Å²) in [5, 5.41) is 21.7. The molecule has 0 fully saturated rings. The maximum Gasteiger partial charge on any atom is 0.309 e. The predicted molar refractivity (Wildman–Crippen MR) is 94.7 cm³/mol. The van der Waals surface area contributed by atoms with Gasteiger partial charge in [0.05, 0.1) is 23.4 Å². The van der Waals surface area contributed by atoms with Crippen molar-refractivity contribution in [1.29, 1.82) is 0 Å². The van der Waals surface area contributed by atoms with Crippen LogP contribution in [0.2, 0.25) is 0 Å². The highest BCUT2D eigenvalue weighted by molar-refractivity contribution is 5.93. The molecule has 0 saturated heterocycles. The topological polar surface area (TPSA) is 108 Å². The molecule has 0 aliphatic heterocycles. The third-order valence-electron chi connectivity index (χ3n) is 4.10. The molecular weight excluding hydrogens is 355 g/mol. The zero-order valence-electron chi connectivity index (χ0n) is 14.7. The van der Waals surface area contributed by atoms with Gasteiger partial charge in [-0.25, -0.2) is 4.39 Å². The Hall–Kier alpha value is -3.56. The molecule has 3 aromatic rings. The number of anilines is 1. The van der Waals surface area contributed by atoms with E-state index in [1.807, 2.05) is 0 Å². The van der Waals surface area contributed by atoms with Gasteiger partial charge in [-0.05, 0) is 31.5 Å². The maximum absolute atomic E-state index is 13.2. The Morgan fingerprint density at radius 3 is 2.81 bits per heavy atom. The number of rotatable bonds is 6. The van der Waals surface area contributed by atoms with E-state index < -0.39 is 11.0 Å². The van der Waals surface area contributed by atoms with Crippen molar-refractivity contribution < 1.29 is 14.1 Å². The Balaban J connectivity index is 1.68. The number of halogens is 1. The van der Waals surface area contributed by atoms with Gasteiger partial charge in [-0.1, -0.05) is 12.1 Å². The molecule has 2 aromatic heterocycles. The van der Waals surface area contributed by atoms with Crippen LogP contribution >= 0.6 is 0 Å². The molecule has 1 atom stereocenters. The van der Waals surface area contributed by atoms with Gasteiger partial charge in [0.25, 0.3) is 0 Å². The first-order valence-electron chi connectivity index (χ1n) is 8.11. The van der Waals surface area contributed by atoms with Gasteiger partial charge in [-0.3, -0.25) is 24.3 Å². The van der Waals surface area contributed by atoms with Crippen molar-refractivity contribution in [3.05, 3.63) is 70.0 Å². The second-order valence-corrected chi connectivity index (χ2v) is 6.04. The highest BCUT2D eigenvalue weighted by atomic mass is 19.1. The number of nitro groups is 1. The minimum Gasteiger partial charge on any atom is -0.322 e. The molecule has 27 heavy (non-hydrogen) atoms. The first-order chi connectivity index (χ1) is 12.8. The molecule has 0 radical (unpaired) electrons. The van der Waals surface area contributed by atoms with E-state index >= 15 is 0 Å². The van der Waals surface area contributed by atoms with E-state index in [0.29, 0.717) is 17.9 Å². The van der Waals surface area contributed by atoms with E-state index in [9.17, 15) is 19.3 Å². The Morgan fingerprint density at radius 2 is 2.15 bits per heavy atom. The molecule has 0 spiro atoms. The van der Waals surface area contributed by atoms with Gasteiger partial charge in [0.1, 0.15) is 23.7 Å². The van der Waals surface area contributed by atoms with E-state index in [1.165, 1.54) is 29.9 Å². The average molecular weight is 372 g/mol. The molecule has 1 aromatic carbocycles. The Labute approximate surface area is 153 Å². The zero-order chi connectivity index (χ0) is 19.6. The average Bonchev–Trinajstić information content (AvgIpc) is 3.20. The minimum absolute atomic E-state index is 0.141. The molecule has 0 aliphatic rings. The van der Waals surface area contributed by atoms with Crippen molar-refractivity contribution in [2.45, 2.75) is 26.4 Å². The van der Waals surface area contributed by atoms with Gasteiger partial charge >= 0.3 is 5.69 Å². The van der Waals surface area contributed by atoms with Crippen LogP contribution in [0.3, 0.4) is 0 Å². The van der Waals surface area contributed by atoms with Gasteiger partial charge in [0, 0.05) is 6.20 Å². The van der Waals surface area contributed by atoms with Gasteiger partial charge < -0.3 is 5.32 Å². The first-order valence-corrected chi connectivity index (χ1v) is 8.11. The summed E-state index contributed by atoms with van der Waals surface area (Å²) in [4.78, 5) is 22.8. The molecule has 3 rings (SSSR count). The second-order valence-electron chi connectivity index (χ2n) is 6.04. The minimum atomic E-state index is -0.745. The lowest BCUT2D eigenvalue weighted by Gasteiger charge is -2.13. The van der Waals surface area contributed by atoms with Gasteiger partial charge in [0.15, 0.2) is 0 Å². The summed E-state index contributed by atoms with van der Waals surface area (Å²) >= 11 is 0. The predicted octanol–water partition coefficient (Wildman–Crippen LogP) is 2.68. The smallest absolute Gasteiger partial charge is 0.309 e. The fourth-order valence-corrected chi connectivity index (χ4v) is 2.68. The molecule has 0 aliphatic carbocycles. The number of carbonyl (C=O) groups excluding carboxylic acids is 1. The Morgan fingerprint density at radius 1 is 1.37 bits per heavy atom. The molecule has 10 heteroatoms. The second kappa shape index (κ2) is 7.36. The summed E-state index contributed by atoms with van der Waals surface area (Å²) in [7, 11) is 0. The number of nitrogens with zero attached hydrogens (tertiary/aromatic N) is 5. The van der Waals surface area contributed by atoms with E-state index in [1.54, 1.807) is 29.9 Å². The summed E-state index contributed by atoms with van der Waals surface area (Å²) in [5.41, 5.74) is 1.35. The molecular formula is C17H17FN6O3. The Bertz CT molecular complexity index is 996. The molecule has 2 heterocycles. The van der Waals surface area contributed by atoms with Crippen molar-refractivity contribution in [2.24, 2.45) is 0 Å². The third-order valence-corrected chi connectivity index (χ3v) is 4.10. The lowest BCUT2D eigenvalue weighted by Crippen LogP contribution is -2.25. The van der Waals surface area contributed by atoms with Crippen molar-refractivity contribution in [1.82, 2.24) is 19.6 Å². The number of amides is 1.